The first-order valence-corrected chi connectivity index (χ1v) is 6.78. The summed E-state index contributed by atoms with van der Waals surface area (Å²) < 4.78 is 1.67. The molecule has 0 bridgehead atoms. The molecule has 1 N–H and O–H groups in total. The number of imidazole rings is 1. The van der Waals surface area contributed by atoms with Gasteiger partial charge in [-0.1, -0.05) is 18.2 Å². The summed E-state index contributed by atoms with van der Waals surface area (Å²) in [7, 11) is 0. The Bertz CT molecular complexity index is 883. The third kappa shape index (κ3) is 2.46. The van der Waals surface area contributed by atoms with Gasteiger partial charge in [-0.25, -0.2) is 4.98 Å². The average Bonchev–Trinajstić information content (AvgIpc) is 2.84. The van der Waals surface area contributed by atoms with Crippen LogP contribution in [0, 0.1) is 11.8 Å². The number of hydrogen-bond donors (Lipinski definition) is 1. The van der Waals surface area contributed by atoms with E-state index in [0.29, 0.717) is 17.0 Å². The second kappa shape index (κ2) is 5.40. The number of amides is 1. The number of carbonyl (C=O) groups is 1. The first-order chi connectivity index (χ1) is 10.6. The molecule has 1 amide bonds. The molecule has 110 valence electrons. The number of anilines is 1. The van der Waals surface area contributed by atoms with Gasteiger partial charge in [0.05, 0.1) is 0 Å². The zero-order chi connectivity index (χ0) is 15.7. The number of aromatic nitrogens is 2. The second-order valence-electron chi connectivity index (χ2n) is 5.07. The Balaban J connectivity index is 2.17. The highest BCUT2D eigenvalue weighted by Crippen LogP contribution is 2.32. The van der Waals surface area contributed by atoms with E-state index in [1.165, 1.54) is 6.92 Å². The van der Waals surface area contributed by atoms with Crippen molar-refractivity contribution in [2.75, 3.05) is 5.32 Å². The van der Waals surface area contributed by atoms with Gasteiger partial charge < -0.3 is 5.32 Å². The fourth-order valence-electron chi connectivity index (χ4n) is 2.37. The van der Waals surface area contributed by atoms with Crippen LogP contribution in [0.1, 0.15) is 12.5 Å². The van der Waals surface area contributed by atoms with Crippen LogP contribution in [0.5, 0.6) is 0 Å². The lowest BCUT2D eigenvalue weighted by Gasteiger charge is -2.04. The summed E-state index contributed by atoms with van der Waals surface area (Å²) in [5.41, 5.74) is 3.53. The van der Waals surface area contributed by atoms with Gasteiger partial charge >= 0.3 is 0 Å². The molecule has 0 unspecified atom stereocenters. The summed E-state index contributed by atoms with van der Waals surface area (Å²) >= 11 is 0. The van der Waals surface area contributed by atoms with Crippen LogP contribution in [0.25, 0.3) is 16.9 Å². The zero-order valence-corrected chi connectivity index (χ0v) is 12.2. The van der Waals surface area contributed by atoms with Crippen LogP contribution in [0.15, 0.2) is 47.8 Å². The lowest BCUT2D eigenvalue weighted by molar-refractivity contribution is -0.114. The zero-order valence-electron chi connectivity index (χ0n) is 12.2. The van der Waals surface area contributed by atoms with E-state index in [4.69, 9.17) is 0 Å². The van der Waals surface area contributed by atoms with Gasteiger partial charge in [-0.05, 0) is 35.9 Å². The number of carbonyl (C=O) groups excluding carboxylic acids is 1. The maximum atomic E-state index is 11.3. The Hall–Kier alpha value is -3.02. The maximum Gasteiger partial charge on any atom is 0.221 e. The summed E-state index contributed by atoms with van der Waals surface area (Å²) in [6.45, 7) is 3.38. The Kier molecular flexibility index (Phi) is 3.42. The molecular weight excluding hydrogens is 280 g/mol. The van der Waals surface area contributed by atoms with Gasteiger partial charge in [-0.2, -0.15) is 0 Å². The summed E-state index contributed by atoms with van der Waals surface area (Å²) in [6, 6.07) is 10.9. The SMILES string of the molecule is CC(=O)Nc1cccc(-c2nc3ccc(C)cn3c2N=O)c1. The lowest BCUT2D eigenvalue weighted by atomic mass is 10.1. The molecule has 0 spiro atoms. The third-order valence-corrected chi connectivity index (χ3v) is 3.28. The fraction of sp³-hybridized carbons (Fsp3) is 0.125. The van der Waals surface area contributed by atoms with E-state index in [1.807, 2.05) is 31.3 Å². The van der Waals surface area contributed by atoms with Crippen molar-refractivity contribution < 1.29 is 4.79 Å². The molecule has 0 saturated heterocycles. The van der Waals surface area contributed by atoms with E-state index in [0.717, 1.165) is 11.1 Å². The van der Waals surface area contributed by atoms with Gasteiger partial charge in [0.15, 0.2) is 0 Å². The Morgan fingerprint density at radius 3 is 2.82 bits per heavy atom. The molecule has 0 saturated carbocycles. The molecule has 0 fully saturated rings. The maximum absolute atomic E-state index is 11.3. The number of rotatable bonds is 3. The molecule has 1 aromatic carbocycles. The molecule has 0 radical (unpaired) electrons. The molecule has 6 nitrogen and oxygen atoms in total. The highest BCUT2D eigenvalue weighted by Gasteiger charge is 2.15. The first kappa shape index (κ1) is 13.9. The van der Waals surface area contributed by atoms with Crippen LogP contribution in [0.3, 0.4) is 0 Å². The standard InChI is InChI=1S/C16H14N4O2/c1-10-6-7-14-18-15(16(19-22)20(14)9-10)12-4-3-5-13(8-12)17-11(2)21/h3-9H,1-2H3,(H,17,21). The predicted molar refractivity (Wildman–Crippen MR) is 85.1 cm³/mol. The van der Waals surface area contributed by atoms with Crippen molar-refractivity contribution in [3.05, 3.63) is 53.1 Å². The van der Waals surface area contributed by atoms with Crippen LogP contribution in [0.2, 0.25) is 0 Å². The minimum Gasteiger partial charge on any atom is -0.326 e. The van der Waals surface area contributed by atoms with E-state index in [1.54, 1.807) is 22.6 Å². The van der Waals surface area contributed by atoms with E-state index in [-0.39, 0.29) is 11.7 Å². The largest absolute Gasteiger partial charge is 0.326 e. The normalized spacial score (nSPS) is 10.6. The van der Waals surface area contributed by atoms with E-state index >= 15 is 0 Å². The van der Waals surface area contributed by atoms with Crippen LogP contribution >= 0.6 is 0 Å². The van der Waals surface area contributed by atoms with Crippen molar-refractivity contribution in [2.45, 2.75) is 13.8 Å². The van der Waals surface area contributed by atoms with E-state index in [2.05, 4.69) is 15.5 Å². The summed E-state index contributed by atoms with van der Waals surface area (Å²) in [5.74, 6) is 0.0928. The molecular formula is C16H14N4O2. The lowest BCUT2D eigenvalue weighted by Crippen LogP contribution is -2.05. The Morgan fingerprint density at radius 2 is 2.09 bits per heavy atom. The molecule has 2 heterocycles. The number of hydrogen-bond acceptors (Lipinski definition) is 4. The predicted octanol–water partition coefficient (Wildman–Crippen LogP) is 3.67. The number of pyridine rings is 1. The quantitative estimate of drug-likeness (QED) is 0.749. The smallest absolute Gasteiger partial charge is 0.221 e. The van der Waals surface area contributed by atoms with Crippen molar-refractivity contribution in [1.82, 2.24) is 9.38 Å². The van der Waals surface area contributed by atoms with Crippen LogP contribution in [0.4, 0.5) is 11.5 Å². The van der Waals surface area contributed by atoms with Gasteiger partial charge in [-0.3, -0.25) is 9.20 Å². The number of aryl methyl sites for hydroxylation is 1. The van der Waals surface area contributed by atoms with Crippen molar-refractivity contribution in [2.24, 2.45) is 5.18 Å². The summed E-state index contributed by atoms with van der Waals surface area (Å²) in [5, 5.41) is 5.84. The minimum atomic E-state index is -0.156. The van der Waals surface area contributed by atoms with Gasteiger partial charge in [-0.15, -0.1) is 4.91 Å². The third-order valence-electron chi connectivity index (χ3n) is 3.28. The van der Waals surface area contributed by atoms with Crippen molar-refractivity contribution in [3.8, 4) is 11.3 Å². The van der Waals surface area contributed by atoms with Crippen molar-refractivity contribution >= 4 is 23.1 Å². The highest BCUT2D eigenvalue weighted by molar-refractivity contribution is 5.90. The van der Waals surface area contributed by atoms with Gasteiger partial charge in [0.2, 0.25) is 11.7 Å². The molecule has 3 rings (SSSR count). The van der Waals surface area contributed by atoms with Crippen LogP contribution in [-0.4, -0.2) is 15.3 Å². The minimum absolute atomic E-state index is 0.156. The summed E-state index contributed by atoms with van der Waals surface area (Å²) in [4.78, 5) is 26.9. The van der Waals surface area contributed by atoms with E-state index in [9.17, 15) is 9.70 Å². The van der Waals surface area contributed by atoms with E-state index < -0.39 is 0 Å². The molecule has 3 aromatic rings. The molecule has 6 heteroatoms. The number of nitrogens with one attached hydrogen (secondary N) is 1. The Morgan fingerprint density at radius 1 is 1.27 bits per heavy atom. The van der Waals surface area contributed by atoms with Crippen LogP contribution in [-0.2, 0) is 4.79 Å². The molecule has 0 aliphatic heterocycles. The number of nitroso groups, excluding NO2 is 1. The molecule has 2 aromatic heterocycles. The summed E-state index contributed by atoms with van der Waals surface area (Å²) in [6.07, 6.45) is 1.82. The molecule has 0 aliphatic carbocycles. The first-order valence-electron chi connectivity index (χ1n) is 6.78. The average molecular weight is 294 g/mol. The van der Waals surface area contributed by atoms with Crippen molar-refractivity contribution in [1.29, 1.82) is 0 Å². The Labute approximate surface area is 126 Å². The highest BCUT2D eigenvalue weighted by atomic mass is 16.3. The number of nitrogens with zero attached hydrogens (tertiary/aromatic N) is 3. The van der Waals surface area contributed by atoms with Crippen LogP contribution < -0.4 is 5.32 Å². The second-order valence-corrected chi connectivity index (χ2v) is 5.07. The number of fused-ring (bicyclic) bond motifs is 1. The topological polar surface area (TPSA) is 75.8 Å². The fourth-order valence-corrected chi connectivity index (χ4v) is 2.37. The van der Waals surface area contributed by atoms with Gasteiger partial charge in [0.25, 0.3) is 0 Å². The monoisotopic (exact) mass is 294 g/mol. The van der Waals surface area contributed by atoms with Crippen molar-refractivity contribution in [3.63, 3.8) is 0 Å². The molecule has 22 heavy (non-hydrogen) atoms. The molecule has 0 aliphatic rings. The van der Waals surface area contributed by atoms with Gasteiger partial charge in [0, 0.05) is 24.4 Å². The molecule has 0 atom stereocenters. The van der Waals surface area contributed by atoms with Gasteiger partial charge in [0.1, 0.15) is 11.3 Å². The number of benzene rings is 1.